The number of benzene rings is 1. The molecule has 0 heterocycles. The van der Waals surface area contributed by atoms with Crippen molar-refractivity contribution in [1.82, 2.24) is 10.0 Å². The number of nitrogens with zero attached hydrogens (tertiary/aromatic N) is 1. The summed E-state index contributed by atoms with van der Waals surface area (Å²) < 4.78 is 37.6. The van der Waals surface area contributed by atoms with E-state index in [9.17, 15) is 23.3 Å². The van der Waals surface area contributed by atoms with Crippen molar-refractivity contribution >= 4 is 21.9 Å². The van der Waals surface area contributed by atoms with Gasteiger partial charge >= 0.3 is 5.97 Å². The van der Waals surface area contributed by atoms with Gasteiger partial charge in [0.2, 0.25) is 10.0 Å². The molecule has 1 saturated carbocycles. The Kier molecular flexibility index (Phi) is 6.87. The number of ether oxygens (including phenoxy) is 2. The minimum Gasteiger partial charge on any atom is -0.495 e. The molecule has 0 unspecified atom stereocenters. The Balaban J connectivity index is 2.10. The lowest BCUT2D eigenvalue weighted by Gasteiger charge is -2.27. The monoisotopic (exact) mass is 423 g/mol. The average molecular weight is 423 g/mol. The van der Waals surface area contributed by atoms with Crippen molar-refractivity contribution in [2.75, 3.05) is 13.7 Å². The molecule has 0 radical (unpaired) electrons. The Morgan fingerprint density at radius 1 is 1.34 bits per heavy atom. The highest BCUT2D eigenvalue weighted by Gasteiger charge is 2.32. The van der Waals surface area contributed by atoms with Gasteiger partial charge in [0.1, 0.15) is 16.2 Å². The SMILES string of the molecule is COc1ccc(C(=O)OCC(=O)N[C@@](C)(C#N)C(C)C)cc1S(=O)(=O)NC1CC1. The van der Waals surface area contributed by atoms with Crippen LogP contribution in [0.1, 0.15) is 44.0 Å². The van der Waals surface area contributed by atoms with Crippen LogP contribution in [0.25, 0.3) is 0 Å². The van der Waals surface area contributed by atoms with Crippen molar-refractivity contribution in [3.05, 3.63) is 23.8 Å². The summed E-state index contributed by atoms with van der Waals surface area (Å²) in [6.07, 6.45) is 1.52. The lowest BCUT2D eigenvalue weighted by atomic mass is 9.90. The fourth-order valence-corrected chi connectivity index (χ4v) is 3.84. The second-order valence-corrected chi connectivity index (χ2v) is 9.04. The quantitative estimate of drug-likeness (QED) is 0.572. The number of hydrogen-bond donors (Lipinski definition) is 2. The van der Waals surface area contributed by atoms with Crippen molar-refractivity contribution in [2.45, 2.75) is 50.1 Å². The van der Waals surface area contributed by atoms with E-state index in [4.69, 9.17) is 9.47 Å². The Morgan fingerprint density at radius 3 is 2.52 bits per heavy atom. The Bertz CT molecular complexity index is 934. The van der Waals surface area contributed by atoms with Gasteiger partial charge in [0.05, 0.1) is 18.7 Å². The molecular weight excluding hydrogens is 398 g/mol. The molecule has 1 atom stereocenters. The first kappa shape index (κ1) is 22.6. The minimum atomic E-state index is -3.86. The maximum Gasteiger partial charge on any atom is 0.338 e. The van der Waals surface area contributed by atoms with Crippen LogP contribution in [0.4, 0.5) is 0 Å². The van der Waals surface area contributed by atoms with Gasteiger partial charge in [0.15, 0.2) is 6.61 Å². The van der Waals surface area contributed by atoms with Crippen molar-refractivity contribution < 1.29 is 27.5 Å². The molecule has 1 amide bonds. The molecule has 0 saturated heterocycles. The molecule has 2 N–H and O–H groups in total. The number of sulfonamides is 1. The largest absolute Gasteiger partial charge is 0.495 e. The second-order valence-electron chi connectivity index (χ2n) is 7.35. The smallest absolute Gasteiger partial charge is 0.338 e. The average Bonchev–Trinajstić information content (AvgIpc) is 3.48. The topological polar surface area (TPSA) is 135 Å². The first-order chi connectivity index (χ1) is 13.5. The molecule has 1 aliphatic carbocycles. The molecule has 0 aromatic heterocycles. The third-order valence-corrected chi connectivity index (χ3v) is 6.25. The Labute approximate surface area is 170 Å². The number of hydrogen-bond acceptors (Lipinski definition) is 7. The highest BCUT2D eigenvalue weighted by atomic mass is 32.2. The van der Waals surface area contributed by atoms with Gasteiger partial charge < -0.3 is 14.8 Å². The predicted molar refractivity (Wildman–Crippen MR) is 104 cm³/mol. The fourth-order valence-electron chi connectivity index (χ4n) is 2.34. The number of amides is 1. The number of carbonyl (C=O) groups excluding carboxylic acids is 2. The van der Waals surface area contributed by atoms with E-state index < -0.39 is 34.0 Å². The molecule has 2 rings (SSSR count). The van der Waals surface area contributed by atoms with Crippen molar-refractivity contribution in [3.8, 4) is 11.8 Å². The van der Waals surface area contributed by atoms with Crippen LogP contribution >= 0.6 is 0 Å². The van der Waals surface area contributed by atoms with Crippen LogP contribution in [0, 0.1) is 17.2 Å². The van der Waals surface area contributed by atoms with Crippen molar-refractivity contribution in [3.63, 3.8) is 0 Å². The molecule has 1 fully saturated rings. The van der Waals surface area contributed by atoms with Crippen LogP contribution in [0.2, 0.25) is 0 Å². The summed E-state index contributed by atoms with van der Waals surface area (Å²) in [7, 11) is -2.53. The Hall–Kier alpha value is -2.64. The van der Waals surface area contributed by atoms with Crippen LogP contribution in [-0.4, -0.2) is 45.6 Å². The van der Waals surface area contributed by atoms with Gasteiger partial charge in [-0.15, -0.1) is 0 Å². The van der Waals surface area contributed by atoms with Crippen LogP contribution in [-0.2, 0) is 19.6 Å². The number of methoxy groups -OCH3 is 1. The molecule has 29 heavy (non-hydrogen) atoms. The number of carbonyl (C=O) groups is 2. The van der Waals surface area contributed by atoms with E-state index in [1.165, 1.54) is 19.2 Å². The maximum absolute atomic E-state index is 12.5. The van der Waals surface area contributed by atoms with E-state index in [1.807, 2.05) is 6.07 Å². The number of nitriles is 1. The maximum atomic E-state index is 12.5. The summed E-state index contributed by atoms with van der Waals surface area (Å²) in [5, 5.41) is 11.8. The van der Waals surface area contributed by atoms with E-state index in [1.54, 1.807) is 20.8 Å². The van der Waals surface area contributed by atoms with Gasteiger partial charge in [-0.25, -0.2) is 17.9 Å². The highest BCUT2D eigenvalue weighted by molar-refractivity contribution is 7.89. The van der Waals surface area contributed by atoms with E-state index >= 15 is 0 Å². The first-order valence-corrected chi connectivity index (χ1v) is 10.6. The zero-order chi connectivity index (χ0) is 21.8. The van der Waals surface area contributed by atoms with Gasteiger partial charge in [-0.3, -0.25) is 4.79 Å². The number of esters is 1. The first-order valence-electron chi connectivity index (χ1n) is 9.12. The second kappa shape index (κ2) is 8.80. The zero-order valence-electron chi connectivity index (χ0n) is 16.8. The lowest BCUT2D eigenvalue weighted by Crippen LogP contribution is -2.50. The third-order valence-electron chi connectivity index (χ3n) is 4.71. The van der Waals surface area contributed by atoms with Crippen molar-refractivity contribution in [1.29, 1.82) is 5.26 Å². The summed E-state index contributed by atoms with van der Waals surface area (Å²) in [4.78, 5) is 24.2. The standard InChI is InChI=1S/C19H25N3O6S/c1-12(2)19(3,11-20)21-17(23)10-28-18(24)13-5-8-15(27-4)16(9-13)29(25,26)22-14-6-7-14/h5,8-9,12,14,22H,6-7,10H2,1-4H3,(H,21,23)/t19-/m0/s1. The van der Waals surface area contributed by atoms with Gasteiger partial charge in [-0.1, -0.05) is 13.8 Å². The fraction of sp³-hybridized carbons (Fsp3) is 0.526. The van der Waals surface area contributed by atoms with Gasteiger partial charge in [0, 0.05) is 6.04 Å². The minimum absolute atomic E-state index is 0.0401. The van der Waals surface area contributed by atoms with Crippen molar-refractivity contribution in [2.24, 2.45) is 5.92 Å². The Morgan fingerprint density at radius 2 is 2.00 bits per heavy atom. The molecule has 10 heteroatoms. The van der Waals surface area contributed by atoms with E-state index in [0.717, 1.165) is 18.9 Å². The zero-order valence-corrected chi connectivity index (χ0v) is 17.6. The van der Waals surface area contributed by atoms with Crippen LogP contribution in [0.5, 0.6) is 5.75 Å². The number of rotatable bonds is 9. The molecular formula is C19H25N3O6S. The van der Waals surface area contributed by atoms with Crippen LogP contribution in [0.15, 0.2) is 23.1 Å². The molecule has 0 bridgehead atoms. The van der Waals surface area contributed by atoms with Crippen LogP contribution < -0.4 is 14.8 Å². The summed E-state index contributed by atoms with van der Waals surface area (Å²) in [6, 6.07) is 5.76. The summed E-state index contributed by atoms with van der Waals surface area (Å²) in [5.74, 6) is -1.56. The molecule has 1 aromatic carbocycles. The van der Waals surface area contributed by atoms with Gasteiger partial charge in [-0.2, -0.15) is 5.26 Å². The molecule has 1 aromatic rings. The normalized spacial score (nSPS) is 15.9. The molecule has 0 aliphatic heterocycles. The summed E-state index contributed by atoms with van der Waals surface area (Å²) in [5.41, 5.74) is -1.14. The van der Waals surface area contributed by atoms with E-state index in [0.29, 0.717) is 0 Å². The van der Waals surface area contributed by atoms with Crippen LogP contribution in [0.3, 0.4) is 0 Å². The van der Waals surface area contributed by atoms with Gasteiger partial charge in [0.25, 0.3) is 5.91 Å². The number of nitrogens with one attached hydrogen (secondary N) is 2. The predicted octanol–water partition coefficient (Wildman–Crippen LogP) is 1.35. The third kappa shape index (κ3) is 5.68. The summed E-state index contributed by atoms with van der Waals surface area (Å²) >= 11 is 0. The molecule has 1 aliphatic rings. The highest BCUT2D eigenvalue weighted by Crippen LogP contribution is 2.28. The molecule has 158 valence electrons. The van der Waals surface area contributed by atoms with Gasteiger partial charge in [-0.05, 0) is 43.9 Å². The summed E-state index contributed by atoms with van der Waals surface area (Å²) in [6.45, 7) is 4.54. The molecule has 0 spiro atoms. The van der Waals surface area contributed by atoms with E-state index in [2.05, 4.69) is 10.0 Å². The molecule has 9 nitrogen and oxygen atoms in total. The van der Waals surface area contributed by atoms with E-state index in [-0.39, 0.29) is 28.2 Å². The lowest BCUT2D eigenvalue weighted by molar-refractivity contribution is -0.125.